The van der Waals surface area contributed by atoms with E-state index in [2.05, 4.69) is 11.8 Å². The van der Waals surface area contributed by atoms with E-state index in [1.807, 2.05) is 17.6 Å². The lowest BCUT2D eigenvalue weighted by Gasteiger charge is -1.85. The van der Waals surface area contributed by atoms with Crippen molar-refractivity contribution in [2.75, 3.05) is 0 Å². The normalized spacial score (nSPS) is 18.7. The molecule has 29 valence electrons. The summed E-state index contributed by atoms with van der Waals surface area (Å²) >= 11 is 1.52. The van der Waals surface area contributed by atoms with Crippen LogP contribution in [-0.2, 0) is 0 Å². The van der Waals surface area contributed by atoms with Gasteiger partial charge < -0.3 is 0 Å². The van der Waals surface area contributed by atoms with Crippen LogP contribution < -0.4 is 0 Å². The second-order valence-corrected chi connectivity index (χ2v) is 1.57. The van der Waals surface area contributed by atoms with Gasteiger partial charge in [0.25, 0.3) is 0 Å². The van der Waals surface area contributed by atoms with Gasteiger partial charge >= 0.3 is 0 Å². The third-order valence-corrected chi connectivity index (χ3v) is 0.973. The lowest BCUT2D eigenvalue weighted by atomic mass is 10.5. The van der Waals surface area contributed by atoms with Gasteiger partial charge in [-0.3, -0.25) is 0 Å². The first kappa shape index (κ1) is 4.00. The molecule has 1 aliphatic heterocycles. The summed E-state index contributed by atoms with van der Waals surface area (Å²) in [6.07, 6.45) is 6.55. The maximum atomic E-state index is 2.81. The van der Waals surface area contributed by atoms with E-state index >= 15 is 0 Å². The Labute approximate surface area is 41.9 Å². The Hall–Kier alpha value is -0.170. The molecule has 3 radical (unpaired) electrons. The van der Waals surface area contributed by atoms with Crippen LogP contribution in [0, 0.1) is 11.8 Å². The summed E-state index contributed by atoms with van der Waals surface area (Å²) in [4.78, 5) is 0. The van der Waals surface area contributed by atoms with Crippen molar-refractivity contribution in [2.45, 2.75) is 0 Å². The molecule has 0 fully saturated rings. The van der Waals surface area contributed by atoms with Gasteiger partial charge in [0.15, 0.2) is 0 Å². The van der Waals surface area contributed by atoms with Gasteiger partial charge in [0.1, 0.15) is 0 Å². The molecule has 1 heterocycles. The predicted octanol–water partition coefficient (Wildman–Crippen LogP) is 1.65. The summed E-state index contributed by atoms with van der Waals surface area (Å²) in [6, 6.07) is 0. The average molecular weight is 95.1 g/mol. The van der Waals surface area contributed by atoms with Crippen LogP contribution in [0.3, 0.4) is 0 Å². The van der Waals surface area contributed by atoms with E-state index in [1.54, 1.807) is 0 Å². The highest BCUT2D eigenvalue weighted by Crippen LogP contribution is 2.10. The molecule has 1 rings (SSSR count). The zero-order valence-electron chi connectivity index (χ0n) is 3.14. The van der Waals surface area contributed by atoms with E-state index < -0.39 is 0 Å². The first-order valence-corrected chi connectivity index (χ1v) is 2.52. The molecule has 0 spiro atoms. The van der Waals surface area contributed by atoms with Gasteiger partial charge in [0, 0.05) is 0 Å². The van der Waals surface area contributed by atoms with Gasteiger partial charge in [0.05, 0.1) is 5.75 Å². The third kappa shape index (κ3) is 0.902. The van der Waals surface area contributed by atoms with Crippen LogP contribution >= 0.6 is 11.8 Å². The summed E-state index contributed by atoms with van der Waals surface area (Å²) in [7, 11) is 0. The third-order valence-electron chi connectivity index (χ3n) is 0.444. The number of thioether (sulfide) groups is 1. The van der Waals surface area contributed by atoms with E-state index in [-0.39, 0.29) is 0 Å². The molecule has 0 aromatic heterocycles. The fourth-order valence-electron chi connectivity index (χ4n) is 0.229. The van der Waals surface area contributed by atoms with Crippen LogP contribution in [-0.4, -0.2) is 0 Å². The summed E-state index contributed by atoms with van der Waals surface area (Å²) in [5, 5.41) is 1.95. The Bertz CT molecular complexity index is 69.9. The summed E-state index contributed by atoms with van der Waals surface area (Å²) < 4.78 is 0. The van der Waals surface area contributed by atoms with Crippen molar-refractivity contribution < 1.29 is 0 Å². The van der Waals surface area contributed by atoms with Crippen molar-refractivity contribution >= 4 is 11.8 Å². The van der Waals surface area contributed by atoms with Crippen molar-refractivity contribution in [2.24, 2.45) is 0 Å². The highest BCUT2D eigenvalue weighted by atomic mass is 32.2. The minimum Gasteiger partial charge on any atom is -0.119 e. The summed E-state index contributed by atoms with van der Waals surface area (Å²) in [5.74, 6) is 2.81. The van der Waals surface area contributed by atoms with Crippen molar-refractivity contribution in [3.05, 3.63) is 29.4 Å². The first-order chi connectivity index (χ1) is 3.00. The highest BCUT2D eigenvalue weighted by molar-refractivity contribution is 8.04. The predicted molar refractivity (Wildman–Crippen MR) is 27.8 cm³/mol. The van der Waals surface area contributed by atoms with Crippen molar-refractivity contribution in [1.29, 1.82) is 0 Å². The molecule has 0 saturated carbocycles. The Balaban J connectivity index is 2.46. The fourth-order valence-corrected chi connectivity index (χ4v) is 0.590. The van der Waals surface area contributed by atoms with E-state index in [0.29, 0.717) is 0 Å². The SMILES string of the molecule is [C]1[C]=CC=CS1. The Morgan fingerprint density at radius 3 is 2.67 bits per heavy atom. The van der Waals surface area contributed by atoms with Crippen LogP contribution in [0.1, 0.15) is 0 Å². The van der Waals surface area contributed by atoms with Gasteiger partial charge in [-0.05, 0) is 11.5 Å². The molecule has 0 amide bonds. The van der Waals surface area contributed by atoms with Crippen molar-refractivity contribution in [3.63, 3.8) is 0 Å². The smallest absolute Gasteiger partial charge is 0.0869 e. The van der Waals surface area contributed by atoms with E-state index in [0.717, 1.165) is 0 Å². The quantitative estimate of drug-likeness (QED) is 0.440. The van der Waals surface area contributed by atoms with E-state index in [1.165, 1.54) is 11.8 Å². The molecule has 0 unspecified atom stereocenters. The highest BCUT2D eigenvalue weighted by Gasteiger charge is 1.80. The molecule has 0 bridgehead atoms. The van der Waals surface area contributed by atoms with E-state index in [4.69, 9.17) is 0 Å². The molecule has 6 heavy (non-hydrogen) atoms. The standard InChI is InChI=1S/C5H3S/c1-2-4-6-5-3-1/h1-2,4H. The van der Waals surface area contributed by atoms with Crippen molar-refractivity contribution in [3.8, 4) is 0 Å². The molecule has 0 N–H and O–H groups in total. The first-order valence-electron chi connectivity index (χ1n) is 1.65. The topological polar surface area (TPSA) is 0 Å². The number of rotatable bonds is 0. The van der Waals surface area contributed by atoms with Crippen LogP contribution in [0.25, 0.3) is 0 Å². The Morgan fingerprint density at radius 2 is 2.50 bits per heavy atom. The zero-order chi connectivity index (χ0) is 4.24. The van der Waals surface area contributed by atoms with Gasteiger partial charge in [-0.2, -0.15) is 0 Å². The minimum absolute atomic E-state index is 1.52. The number of allylic oxidation sites excluding steroid dienone is 2. The molecule has 0 aromatic carbocycles. The summed E-state index contributed by atoms with van der Waals surface area (Å²) in [6.45, 7) is 0. The molecule has 1 heteroatoms. The van der Waals surface area contributed by atoms with Crippen LogP contribution in [0.5, 0.6) is 0 Å². The molecular weight excluding hydrogens is 92.1 g/mol. The van der Waals surface area contributed by atoms with Crippen LogP contribution in [0.15, 0.2) is 17.6 Å². The lowest BCUT2D eigenvalue weighted by molar-refractivity contribution is 1.82. The average Bonchev–Trinajstić information content (AvgIpc) is 1.72. The molecule has 0 atom stereocenters. The second kappa shape index (κ2) is 2.08. The summed E-state index contributed by atoms with van der Waals surface area (Å²) in [5.41, 5.74) is 0. The maximum Gasteiger partial charge on any atom is 0.0869 e. The van der Waals surface area contributed by atoms with Crippen LogP contribution in [0.2, 0.25) is 0 Å². The maximum absolute atomic E-state index is 2.81. The fraction of sp³-hybridized carbons (Fsp3) is 0. The van der Waals surface area contributed by atoms with Crippen molar-refractivity contribution in [1.82, 2.24) is 0 Å². The van der Waals surface area contributed by atoms with Crippen LogP contribution in [0.4, 0.5) is 0 Å². The number of hydrogen-bond donors (Lipinski definition) is 0. The van der Waals surface area contributed by atoms with Gasteiger partial charge in [-0.25, -0.2) is 0 Å². The molecule has 0 nitrogen and oxygen atoms in total. The molecule has 0 aliphatic carbocycles. The Kier molecular flexibility index (Phi) is 1.39. The minimum atomic E-state index is 1.52. The Morgan fingerprint density at radius 1 is 1.50 bits per heavy atom. The lowest BCUT2D eigenvalue weighted by Crippen LogP contribution is -1.61. The van der Waals surface area contributed by atoms with Gasteiger partial charge in [-0.1, -0.05) is 12.2 Å². The largest absolute Gasteiger partial charge is 0.119 e. The molecular formula is C5H3S. The monoisotopic (exact) mass is 95.0 g/mol. The molecule has 0 aromatic rings. The molecule has 1 aliphatic rings. The second-order valence-electron chi connectivity index (χ2n) is 0.859. The zero-order valence-corrected chi connectivity index (χ0v) is 3.96. The molecule has 0 saturated heterocycles. The van der Waals surface area contributed by atoms with Gasteiger partial charge in [-0.15, -0.1) is 11.8 Å². The number of hydrogen-bond acceptors (Lipinski definition) is 1. The van der Waals surface area contributed by atoms with E-state index in [9.17, 15) is 0 Å². The van der Waals surface area contributed by atoms with Gasteiger partial charge in [0.2, 0.25) is 0 Å².